The average molecular weight is 421 g/mol. The summed E-state index contributed by atoms with van der Waals surface area (Å²) in [6.07, 6.45) is 0. The summed E-state index contributed by atoms with van der Waals surface area (Å²) in [5.74, 6) is 2.95. The van der Waals surface area contributed by atoms with Crippen molar-refractivity contribution in [2.45, 2.75) is 6.54 Å². The third kappa shape index (κ3) is 3.59. The van der Waals surface area contributed by atoms with E-state index in [-0.39, 0.29) is 5.82 Å². The van der Waals surface area contributed by atoms with Gasteiger partial charge in [0.2, 0.25) is 5.95 Å². The molecule has 2 aromatic heterocycles. The molecule has 1 aliphatic rings. The summed E-state index contributed by atoms with van der Waals surface area (Å²) in [4.78, 5) is 11.8. The Kier molecular flexibility index (Phi) is 5.00. The van der Waals surface area contributed by atoms with Crippen molar-refractivity contribution in [3.63, 3.8) is 0 Å². The van der Waals surface area contributed by atoms with Gasteiger partial charge in [-0.15, -0.1) is 5.10 Å². The number of benzene rings is 2. The molecular weight excluding hydrogens is 399 g/mol. The van der Waals surface area contributed by atoms with Crippen LogP contribution in [0.25, 0.3) is 22.3 Å². The van der Waals surface area contributed by atoms with Gasteiger partial charge < -0.3 is 10.6 Å². The highest BCUT2D eigenvalue weighted by atomic mass is 32.2. The SMILES string of the molecule is Nc1c2c(-c3ccc(F)cc3)nc(N3CCSCC3)nc2nn1Cc1ccccc1. The molecule has 2 aromatic carbocycles. The third-order valence-electron chi connectivity index (χ3n) is 5.21. The molecule has 0 amide bonds. The average Bonchev–Trinajstić information content (AvgIpc) is 3.10. The van der Waals surface area contributed by atoms with E-state index in [1.807, 2.05) is 42.1 Å². The number of hydrogen-bond acceptors (Lipinski definition) is 6. The van der Waals surface area contributed by atoms with Gasteiger partial charge in [-0.05, 0) is 29.8 Å². The zero-order chi connectivity index (χ0) is 20.5. The van der Waals surface area contributed by atoms with Crippen LogP contribution in [0, 0.1) is 5.82 Å². The summed E-state index contributed by atoms with van der Waals surface area (Å²) in [6, 6.07) is 16.4. The summed E-state index contributed by atoms with van der Waals surface area (Å²) >= 11 is 1.93. The predicted octanol–water partition coefficient (Wildman–Crippen LogP) is 3.82. The van der Waals surface area contributed by atoms with Crippen molar-refractivity contribution in [3.8, 4) is 11.3 Å². The Morgan fingerprint density at radius 2 is 1.70 bits per heavy atom. The van der Waals surface area contributed by atoms with Crippen molar-refractivity contribution in [2.75, 3.05) is 35.2 Å². The van der Waals surface area contributed by atoms with Gasteiger partial charge in [0.05, 0.1) is 17.6 Å². The third-order valence-corrected chi connectivity index (χ3v) is 6.16. The van der Waals surface area contributed by atoms with E-state index in [9.17, 15) is 4.39 Å². The molecular formula is C22H21FN6S. The highest BCUT2D eigenvalue weighted by Gasteiger charge is 2.22. The smallest absolute Gasteiger partial charge is 0.228 e. The number of nitrogen functional groups attached to an aromatic ring is 1. The van der Waals surface area contributed by atoms with E-state index in [4.69, 9.17) is 20.8 Å². The maximum atomic E-state index is 13.5. The summed E-state index contributed by atoms with van der Waals surface area (Å²) in [5.41, 5.74) is 9.65. The van der Waals surface area contributed by atoms with Crippen LogP contribution in [0.1, 0.15) is 5.56 Å². The lowest BCUT2D eigenvalue weighted by Crippen LogP contribution is -2.33. The van der Waals surface area contributed by atoms with Crippen LogP contribution in [0.2, 0.25) is 0 Å². The van der Waals surface area contributed by atoms with Gasteiger partial charge in [0.25, 0.3) is 0 Å². The first-order chi connectivity index (χ1) is 14.7. The number of rotatable bonds is 4. The summed E-state index contributed by atoms with van der Waals surface area (Å²) < 4.78 is 15.3. The van der Waals surface area contributed by atoms with Gasteiger partial charge in [-0.3, -0.25) is 0 Å². The van der Waals surface area contributed by atoms with Gasteiger partial charge >= 0.3 is 0 Å². The van der Waals surface area contributed by atoms with Crippen molar-refractivity contribution >= 4 is 34.6 Å². The number of fused-ring (bicyclic) bond motifs is 1. The molecule has 0 unspecified atom stereocenters. The Bertz CT molecular complexity index is 1170. The molecule has 0 aliphatic carbocycles. The second-order valence-corrected chi connectivity index (χ2v) is 8.43. The normalized spacial score (nSPS) is 14.4. The van der Waals surface area contributed by atoms with Crippen molar-refractivity contribution in [2.24, 2.45) is 0 Å². The zero-order valence-electron chi connectivity index (χ0n) is 16.3. The topological polar surface area (TPSA) is 72.9 Å². The Morgan fingerprint density at radius 3 is 2.43 bits per heavy atom. The quantitative estimate of drug-likeness (QED) is 0.541. The lowest BCUT2D eigenvalue weighted by molar-refractivity contribution is 0.628. The Labute approximate surface area is 177 Å². The first kappa shape index (κ1) is 18.9. The van der Waals surface area contributed by atoms with Crippen LogP contribution in [0.4, 0.5) is 16.2 Å². The van der Waals surface area contributed by atoms with Gasteiger partial charge in [-0.2, -0.15) is 16.7 Å². The van der Waals surface area contributed by atoms with Crippen molar-refractivity contribution in [1.82, 2.24) is 19.7 Å². The van der Waals surface area contributed by atoms with Crippen molar-refractivity contribution in [3.05, 3.63) is 66.0 Å². The van der Waals surface area contributed by atoms with Crippen LogP contribution in [0.5, 0.6) is 0 Å². The highest BCUT2D eigenvalue weighted by molar-refractivity contribution is 7.99. The van der Waals surface area contributed by atoms with E-state index in [2.05, 4.69) is 4.90 Å². The first-order valence-electron chi connectivity index (χ1n) is 9.85. The van der Waals surface area contributed by atoms with Crippen molar-refractivity contribution < 1.29 is 4.39 Å². The molecule has 3 heterocycles. The van der Waals surface area contributed by atoms with E-state index in [0.29, 0.717) is 35.0 Å². The maximum absolute atomic E-state index is 13.5. The Hall–Kier alpha value is -3.13. The summed E-state index contributed by atoms with van der Waals surface area (Å²) in [7, 11) is 0. The molecule has 0 bridgehead atoms. The fourth-order valence-corrected chi connectivity index (χ4v) is 4.54. The second kappa shape index (κ2) is 7.95. The second-order valence-electron chi connectivity index (χ2n) is 7.21. The number of aromatic nitrogens is 4. The molecule has 0 saturated carbocycles. The minimum atomic E-state index is -0.287. The first-order valence-corrected chi connectivity index (χ1v) is 11.0. The van der Waals surface area contributed by atoms with E-state index >= 15 is 0 Å². The lowest BCUT2D eigenvalue weighted by Gasteiger charge is -2.26. The van der Waals surface area contributed by atoms with Crippen LogP contribution in [0.3, 0.4) is 0 Å². The van der Waals surface area contributed by atoms with Crippen LogP contribution >= 0.6 is 11.8 Å². The summed E-state index contributed by atoms with van der Waals surface area (Å²) in [6.45, 7) is 2.32. The molecule has 0 atom stereocenters. The molecule has 4 aromatic rings. The fourth-order valence-electron chi connectivity index (χ4n) is 3.64. The minimum absolute atomic E-state index is 0.287. The van der Waals surface area contributed by atoms with Gasteiger partial charge in [0, 0.05) is 30.2 Å². The molecule has 152 valence electrons. The van der Waals surface area contributed by atoms with E-state index in [1.54, 1.807) is 16.8 Å². The van der Waals surface area contributed by atoms with E-state index in [0.717, 1.165) is 35.7 Å². The standard InChI is InChI=1S/C22H21FN6S/c23-17-8-6-16(7-9-17)19-18-20(24)29(14-15-4-2-1-3-5-15)27-21(18)26-22(25-19)28-10-12-30-13-11-28/h1-9H,10-14,24H2. The Morgan fingerprint density at radius 1 is 0.967 bits per heavy atom. The summed E-state index contributed by atoms with van der Waals surface area (Å²) in [5, 5.41) is 5.40. The largest absolute Gasteiger partial charge is 0.383 e. The van der Waals surface area contributed by atoms with E-state index in [1.165, 1.54) is 12.1 Å². The molecule has 5 rings (SSSR count). The van der Waals surface area contributed by atoms with Gasteiger partial charge in [-0.1, -0.05) is 30.3 Å². The van der Waals surface area contributed by atoms with Gasteiger partial charge in [0.1, 0.15) is 11.6 Å². The van der Waals surface area contributed by atoms with Crippen LogP contribution in [0.15, 0.2) is 54.6 Å². The number of nitrogens with zero attached hydrogens (tertiary/aromatic N) is 5. The number of thioether (sulfide) groups is 1. The maximum Gasteiger partial charge on any atom is 0.228 e. The molecule has 1 saturated heterocycles. The highest BCUT2D eigenvalue weighted by Crippen LogP contribution is 2.33. The number of nitrogens with two attached hydrogens (primary N) is 1. The lowest BCUT2D eigenvalue weighted by atomic mass is 10.1. The molecule has 8 heteroatoms. The molecule has 6 nitrogen and oxygen atoms in total. The minimum Gasteiger partial charge on any atom is -0.383 e. The zero-order valence-corrected chi connectivity index (χ0v) is 17.1. The van der Waals surface area contributed by atoms with Crippen molar-refractivity contribution in [1.29, 1.82) is 0 Å². The molecule has 1 aliphatic heterocycles. The Balaban J connectivity index is 1.66. The molecule has 1 fully saturated rings. The predicted molar refractivity (Wildman–Crippen MR) is 120 cm³/mol. The molecule has 0 radical (unpaired) electrons. The van der Waals surface area contributed by atoms with Crippen LogP contribution in [-0.4, -0.2) is 44.3 Å². The van der Waals surface area contributed by atoms with Gasteiger partial charge in [-0.25, -0.2) is 14.1 Å². The van der Waals surface area contributed by atoms with Gasteiger partial charge in [0.15, 0.2) is 5.65 Å². The number of anilines is 2. The monoisotopic (exact) mass is 420 g/mol. The van der Waals surface area contributed by atoms with Crippen LogP contribution in [-0.2, 0) is 6.54 Å². The molecule has 2 N–H and O–H groups in total. The van der Waals surface area contributed by atoms with Crippen LogP contribution < -0.4 is 10.6 Å². The number of hydrogen-bond donors (Lipinski definition) is 1. The molecule has 30 heavy (non-hydrogen) atoms. The molecule has 0 spiro atoms. The van der Waals surface area contributed by atoms with E-state index < -0.39 is 0 Å². The fraction of sp³-hybridized carbons (Fsp3) is 0.227. The number of halogens is 1.